The van der Waals surface area contributed by atoms with Gasteiger partial charge in [0, 0.05) is 37.6 Å². The number of rotatable bonds is 6. The van der Waals surface area contributed by atoms with E-state index < -0.39 is 0 Å². The molecule has 1 aromatic heterocycles. The number of benzene rings is 1. The molecule has 0 unspecified atom stereocenters. The van der Waals surface area contributed by atoms with Crippen LogP contribution >= 0.6 is 0 Å². The Kier molecular flexibility index (Phi) is 5.25. The molecule has 0 spiro atoms. The molecular weight excluding hydrogens is 304 g/mol. The summed E-state index contributed by atoms with van der Waals surface area (Å²) in [4.78, 5) is 26.2. The molecule has 0 atom stereocenters. The number of para-hydroxylation sites is 1. The Morgan fingerprint density at radius 1 is 1.21 bits per heavy atom. The molecule has 1 aliphatic heterocycles. The fraction of sp³-hybridized carbons (Fsp3) is 0.389. The molecule has 0 saturated heterocycles. The van der Waals surface area contributed by atoms with Crippen molar-refractivity contribution in [3.63, 3.8) is 0 Å². The van der Waals surface area contributed by atoms with Gasteiger partial charge in [-0.05, 0) is 37.0 Å². The van der Waals surface area contributed by atoms with Crippen LogP contribution in [0.2, 0.25) is 0 Å². The zero-order valence-corrected chi connectivity index (χ0v) is 13.6. The molecular formula is C18H22N4O2. The summed E-state index contributed by atoms with van der Waals surface area (Å²) in [6.07, 6.45) is 6.64. The van der Waals surface area contributed by atoms with Gasteiger partial charge in [0.05, 0.1) is 0 Å². The van der Waals surface area contributed by atoms with Gasteiger partial charge in [-0.1, -0.05) is 18.2 Å². The highest BCUT2D eigenvalue weighted by molar-refractivity contribution is 5.99. The van der Waals surface area contributed by atoms with Crippen molar-refractivity contribution in [2.24, 2.45) is 0 Å². The molecule has 0 saturated carbocycles. The van der Waals surface area contributed by atoms with Crippen LogP contribution in [-0.4, -0.2) is 34.7 Å². The normalized spacial score (nSPS) is 14.2. The van der Waals surface area contributed by atoms with Crippen LogP contribution in [0, 0.1) is 0 Å². The van der Waals surface area contributed by atoms with Crippen LogP contribution in [0.4, 0.5) is 5.69 Å². The van der Waals surface area contributed by atoms with E-state index in [1.165, 1.54) is 0 Å². The van der Waals surface area contributed by atoms with E-state index in [0.717, 1.165) is 37.1 Å². The van der Waals surface area contributed by atoms with Crippen molar-refractivity contribution in [1.82, 2.24) is 15.1 Å². The average Bonchev–Trinajstić information content (AvgIpc) is 3.05. The Morgan fingerprint density at radius 2 is 2.08 bits per heavy atom. The van der Waals surface area contributed by atoms with Gasteiger partial charge in [-0.25, -0.2) is 0 Å². The van der Waals surface area contributed by atoms with Crippen LogP contribution < -0.4 is 10.2 Å². The van der Waals surface area contributed by atoms with Gasteiger partial charge in [0.2, 0.25) is 11.8 Å². The Hall–Kier alpha value is -2.63. The topological polar surface area (TPSA) is 67.2 Å². The highest BCUT2D eigenvalue weighted by atomic mass is 16.2. The lowest BCUT2D eigenvalue weighted by Crippen LogP contribution is -2.41. The van der Waals surface area contributed by atoms with Crippen molar-refractivity contribution in [2.45, 2.75) is 32.2 Å². The SMILES string of the molecule is O=C(CN1C(=O)CCCc2ccccc21)NCCCn1cccn1. The summed E-state index contributed by atoms with van der Waals surface area (Å²) in [6.45, 7) is 1.42. The molecule has 0 bridgehead atoms. The maximum atomic E-state index is 12.3. The second kappa shape index (κ2) is 7.77. The lowest BCUT2D eigenvalue weighted by atomic mass is 10.1. The van der Waals surface area contributed by atoms with Gasteiger partial charge >= 0.3 is 0 Å². The smallest absolute Gasteiger partial charge is 0.240 e. The number of hydrogen-bond acceptors (Lipinski definition) is 3. The van der Waals surface area contributed by atoms with Crippen LogP contribution in [0.3, 0.4) is 0 Å². The first kappa shape index (κ1) is 16.2. The molecule has 2 heterocycles. The van der Waals surface area contributed by atoms with Crippen molar-refractivity contribution in [1.29, 1.82) is 0 Å². The first-order chi connectivity index (χ1) is 11.7. The van der Waals surface area contributed by atoms with E-state index in [4.69, 9.17) is 0 Å². The van der Waals surface area contributed by atoms with E-state index in [1.807, 2.05) is 41.2 Å². The van der Waals surface area contributed by atoms with Crippen molar-refractivity contribution in [2.75, 3.05) is 18.0 Å². The number of hydrogen-bond donors (Lipinski definition) is 1. The largest absolute Gasteiger partial charge is 0.354 e. The van der Waals surface area contributed by atoms with Gasteiger partial charge in [-0.3, -0.25) is 14.3 Å². The molecule has 0 radical (unpaired) electrons. The van der Waals surface area contributed by atoms with E-state index in [9.17, 15) is 9.59 Å². The monoisotopic (exact) mass is 326 g/mol. The third-order valence-corrected chi connectivity index (χ3v) is 4.17. The molecule has 6 heteroatoms. The zero-order chi connectivity index (χ0) is 16.8. The number of aromatic nitrogens is 2. The molecule has 2 aromatic rings. The summed E-state index contributed by atoms with van der Waals surface area (Å²) in [5.74, 6) is -0.104. The zero-order valence-electron chi connectivity index (χ0n) is 13.6. The highest BCUT2D eigenvalue weighted by Crippen LogP contribution is 2.26. The van der Waals surface area contributed by atoms with Crippen molar-refractivity contribution < 1.29 is 9.59 Å². The molecule has 1 aromatic carbocycles. The standard InChI is InChI=1S/C18H22N4O2/c23-17(19-10-4-12-21-13-5-11-20-21)14-22-16-8-2-1-6-15(16)7-3-9-18(22)24/h1-2,5-6,8,11,13H,3-4,7,9-10,12,14H2,(H,19,23). The Labute approximate surface area is 141 Å². The predicted octanol–water partition coefficient (Wildman–Crippen LogP) is 1.76. The van der Waals surface area contributed by atoms with Crippen LogP contribution in [0.1, 0.15) is 24.8 Å². The minimum Gasteiger partial charge on any atom is -0.354 e. The summed E-state index contributed by atoms with van der Waals surface area (Å²) < 4.78 is 1.83. The molecule has 0 aliphatic carbocycles. The lowest BCUT2D eigenvalue weighted by Gasteiger charge is -2.22. The Balaban J connectivity index is 1.54. The second-order valence-electron chi connectivity index (χ2n) is 5.93. The van der Waals surface area contributed by atoms with E-state index in [0.29, 0.717) is 13.0 Å². The van der Waals surface area contributed by atoms with E-state index >= 15 is 0 Å². The molecule has 2 amide bonds. The first-order valence-electron chi connectivity index (χ1n) is 8.36. The summed E-state index contributed by atoms with van der Waals surface area (Å²) in [7, 11) is 0. The highest BCUT2D eigenvalue weighted by Gasteiger charge is 2.23. The average molecular weight is 326 g/mol. The summed E-state index contributed by atoms with van der Waals surface area (Å²) in [6, 6.07) is 9.71. The number of amides is 2. The Morgan fingerprint density at radius 3 is 2.92 bits per heavy atom. The van der Waals surface area contributed by atoms with E-state index in [1.54, 1.807) is 11.1 Å². The quantitative estimate of drug-likeness (QED) is 0.823. The van der Waals surface area contributed by atoms with E-state index in [-0.39, 0.29) is 18.4 Å². The number of fused-ring (bicyclic) bond motifs is 1. The number of carbonyl (C=O) groups excluding carboxylic acids is 2. The lowest BCUT2D eigenvalue weighted by molar-refractivity contribution is -0.123. The minimum atomic E-state index is -0.125. The van der Waals surface area contributed by atoms with Crippen molar-refractivity contribution >= 4 is 17.5 Å². The maximum absolute atomic E-state index is 12.3. The summed E-state index contributed by atoms with van der Waals surface area (Å²) in [5.41, 5.74) is 2.00. The molecule has 1 aliphatic rings. The van der Waals surface area contributed by atoms with E-state index in [2.05, 4.69) is 10.4 Å². The predicted molar refractivity (Wildman–Crippen MR) is 91.6 cm³/mol. The number of nitrogens with one attached hydrogen (secondary N) is 1. The van der Waals surface area contributed by atoms with Gasteiger partial charge in [0.25, 0.3) is 0 Å². The molecule has 3 rings (SSSR count). The van der Waals surface area contributed by atoms with Crippen LogP contribution in [0.5, 0.6) is 0 Å². The van der Waals surface area contributed by atoms with Crippen molar-refractivity contribution in [3.05, 3.63) is 48.3 Å². The number of carbonyl (C=O) groups is 2. The Bertz CT molecular complexity index is 697. The van der Waals surface area contributed by atoms with Crippen molar-refractivity contribution in [3.8, 4) is 0 Å². The summed E-state index contributed by atoms with van der Waals surface area (Å²) >= 11 is 0. The number of anilines is 1. The third-order valence-electron chi connectivity index (χ3n) is 4.17. The minimum absolute atomic E-state index is 0.0200. The molecule has 6 nitrogen and oxygen atoms in total. The molecule has 126 valence electrons. The van der Waals surface area contributed by atoms with Gasteiger partial charge in [-0.2, -0.15) is 5.10 Å². The fourth-order valence-electron chi connectivity index (χ4n) is 2.96. The van der Waals surface area contributed by atoms with Gasteiger partial charge in [-0.15, -0.1) is 0 Å². The molecule has 24 heavy (non-hydrogen) atoms. The fourth-order valence-corrected chi connectivity index (χ4v) is 2.96. The number of nitrogens with zero attached hydrogens (tertiary/aromatic N) is 3. The maximum Gasteiger partial charge on any atom is 0.240 e. The van der Waals surface area contributed by atoms with Crippen LogP contribution in [-0.2, 0) is 22.6 Å². The molecule has 1 N–H and O–H groups in total. The first-order valence-corrected chi connectivity index (χ1v) is 8.36. The van der Waals surface area contributed by atoms with Crippen LogP contribution in [0.25, 0.3) is 0 Å². The number of aryl methyl sites for hydroxylation is 2. The second-order valence-corrected chi connectivity index (χ2v) is 5.93. The van der Waals surface area contributed by atoms with Gasteiger partial charge < -0.3 is 10.2 Å². The van der Waals surface area contributed by atoms with Gasteiger partial charge in [0.15, 0.2) is 0 Å². The summed E-state index contributed by atoms with van der Waals surface area (Å²) in [5, 5.41) is 7.01. The van der Waals surface area contributed by atoms with Crippen LogP contribution in [0.15, 0.2) is 42.7 Å². The third kappa shape index (κ3) is 4.01. The van der Waals surface area contributed by atoms with Gasteiger partial charge in [0.1, 0.15) is 6.54 Å². The molecule has 0 fully saturated rings.